The van der Waals surface area contributed by atoms with Crippen LogP contribution < -0.4 is 15.4 Å². The van der Waals surface area contributed by atoms with Gasteiger partial charge in [-0.1, -0.05) is 31.2 Å². The number of hydrogen-bond donors (Lipinski definition) is 2. The minimum atomic E-state index is -0.0603. The Balaban J connectivity index is 1.54. The number of methoxy groups -OCH3 is 1. The van der Waals surface area contributed by atoms with E-state index in [1.165, 1.54) is 0 Å². The third-order valence-corrected chi connectivity index (χ3v) is 5.79. The van der Waals surface area contributed by atoms with Gasteiger partial charge in [0.15, 0.2) is 0 Å². The average Bonchev–Trinajstić information content (AvgIpc) is 2.75. The zero-order valence-corrected chi connectivity index (χ0v) is 17.5. The molecule has 5 heteroatoms. The van der Waals surface area contributed by atoms with E-state index >= 15 is 0 Å². The zero-order valence-electron chi connectivity index (χ0n) is 17.5. The Morgan fingerprint density at radius 3 is 2.21 bits per heavy atom. The summed E-state index contributed by atoms with van der Waals surface area (Å²) in [5.74, 6) is 0.700. The van der Waals surface area contributed by atoms with Crippen molar-refractivity contribution >= 4 is 23.2 Å². The van der Waals surface area contributed by atoms with E-state index in [0.717, 1.165) is 54.6 Å². The van der Waals surface area contributed by atoms with Gasteiger partial charge in [0.1, 0.15) is 5.75 Å². The van der Waals surface area contributed by atoms with Crippen LogP contribution in [0, 0.1) is 18.8 Å². The van der Waals surface area contributed by atoms with Crippen LogP contribution in [0.15, 0.2) is 42.5 Å². The van der Waals surface area contributed by atoms with Crippen molar-refractivity contribution in [2.24, 2.45) is 11.8 Å². The summed E-state index contributed by atoms with van der Waals surface area (Å²) in [5, 5.41) is 6.12. The average molecular weight is 395 g/mol. The van der Waals surface area contributed by atoms with Gasteiger partial charge < -0.3 is 15.4 Å². The maximum Gasteiger partial charge on any atom is 0.227 e. The van der Waals surface area contributed by atoms with Crippen LogP contribution >= 0.6 is 0 Å². The second-order valence-corrected chi connectivity index (χ2v) is 7.72. The molecule has 1 saturated carbocycles. The maximum absolute atomic E-state index is 12.8. The Bertz CT molecular complexity index is 870. The molecule has 0 heterocycles. The number of amides is 2. The highest BCUT2D eigenvalue weighted by Crippen LogP contribution is 2.32. The number of nitrogens with one attached hydrogen (secondary N) is 2. The Labute approximate surface area is 172 Å². The van der Waals surface area contributed by atoms with Crippen LogP contribution in [-0.2, 0) is 16.0 Å². The molecule has 2 N–H and O–H groups in total. The minimum Gasteiger partial charge on any atom is -0.497 e. The van der Waals surface area contributed by atoms with Crippen LogP contribution in [0.4, 0.5) is 11.4 Å². The summed E-state index contributed by atoms with van der Waals surface area (Å²) < 4.78 is 5.20. The van der Waals surface area contributed by atoms with E-state index in [1.54, 1.807) is 7.11 Å². The molecule has 2 amide bonds. The topological polar surface area (TPSA) is 67.4 Å². The van der Waals surface area contributed by atoms with Crippen molar-refractivity contribution < 1.29 is 14.3 Å². The van der Waals surface area contributed by atoms with E-state index in [2.05, 4.69) is 23.6 Å². The van der Waals surface area contributed by atoms with Crippen LogP contribution in [0.1, 0.15) is 43.7 Å². The van der Waals surface area contributed by atoms with Gasteiger partial charge in [-0.25, -0.2) is 0 Å². The number of anilines is 2. The smallest absolute Gasteiger partial charge is 0.227 e. The summed E-state index contributed by atoms with van der Waals surface area (Å²) in [6.45, 7) is 4.12. The molecular weight excluding hydrogens is 364 g/mol. The van der Waals surface area contributed by atoms with Crippen molar-refractivity contribution in [1.29, 1.82) is 0 Å². The Kier molecular flexibility index (Phi) is 6.91. The van der Waals surface area contributed by atoms with Crippen molar-refractivity contribution in [3.63, 3.8) is 0 Å². The standard InChI is InChI=1S/C24H30N2O3/c1-4-17-8-5-7-16(2)22(17)26-24(28)19-13-11-18(12-14-19)23(27)25-20-9-6-10-21(15-20)29-3/h5-10,15,18-19H,4,11-14H2,1-3H3,(H,25,27)(H,26,28). The zero-order chi connectivity index (χ0) is 20.8. The molecule has 0 spiro atoms. The van der Waals surface area contributed by atoms with Crippen molar-refractivity contribution in [2.75, 3.05) is 17.7 Å². The first-order valence-corrected chi connectivity index (χ1v) is 10.4. The van der Waals surface area contributed by atoms with Crippen molar-refractivity contribution in [2.45, 2.75) is 46.0 Å². The molecule has 3 rings (SSSR count). The molecule has 0 radical (unpaired) electrons. The van der Waals surface area contributed by atoms with Gasteiger partial charge in [-0.05, 0) is 62.3 Å². The second-order valence-electron chi connectivity index (χ2n) is 7.72. The number of carbonyl (C=O) groups is 2. The fourth-order valence-corrected chi connectivity index (χ4v) is 3.99. The first-order chi connectivity index (χ1) is 14.0. The number of ether oxygens (including phenoxy) is 1. The molecule has 29 heavy (non-hydrogen) atoms. The lowest BCUT2D eigenvalue weighted by Gasteiger charge is -2.27. The van der Waals surface area contributed by atoms with Gasteiger partial charge in [0.25, 0.3) is 0 Å². The Hall–Kier alpha value is -2.82. The van der Waals surface area contributed by atoms with Gasteiger partial charge in [-0.2, -0.15) is 0 Å². The van der Waals surface area contributed by atoms with E-state index < -0.39 is 0 Å². The van der Waals surface area contributed by atoms with Gasteiger partial charge >= 0.3 is 0 Å². The summed E-state index contributed by atoms with van der Waals surface area (Å²) in [6, 6.07) is 13.5. The summed E-state index contributed by atoms with van der Waals surface area (Å²) in [7, 11) is 1.60. The van der Waals surface area contributed by atoms with Gasteiger partial charge in [-0.15, -0.1) is 0 Å². The van der Waals surface area contributed by atoms with Gasteiger partial charge in [0.05, 0.1) is 7.11 Å². The molecule has 0 atom stereocenters. The molecule has 0 unspecified atom stereocenters. The lowest BCUT2D eigenvalue weighted by Crippen LogP contribution is -2.32. The second kappa shape index (κ2) is 9.59. The van der Waals surface area contributed by atoms with Gasteiger partial charge in [-0.3, -0.25) is 9.59 Å². The third kappa shape index (κ3) is 5.17. The number of para-hydroxylation sites is 1. The fourth-order valence-electron chi connectivity index (χ4n) is 3.99. The van der Waals surface area contributed by atoms with Gasteiger partial charge in [0.2, 0.25) is 11.8 Å². The molecular formula is C24H30N2O3. The lowest BCUT2D eigenvalue weighted by molar-refractivity contribution is -0.125. The van der Waals surface area contributed by atoms with Crippen molar-refractivity contribution in [3.05, 3.63) is 53.6 Å². The largest absolute Gasteiger partial charge is 0.497 e. The van der Waals surface area contributed by atoms with E-state index in [4.69, 9.17) is 4.74 Å². The quantitative estimate of drug-likeness (QED) is 0.728. The molecule has 1 aliphatic carbocycles. The number of rotatable bonds is 6. The van der Waals surface area contributed by atoms with Crippen LogP contribution in [0.25, 0.3) is 0 Å². The normalized spacial score (nSPS) is 18.7. The molecule has 154 valence electrons. The van der Waals surface area contributed by atoms with E-state index in [1.807, 2.05) is 43.3 Å². The number of carbonyl (C=O) groups excluding carboxylic acids is 2. The predicted octanol–water partition coefficient (Wildman–Crippen LogP) is 4.95. The molecule has 0 bridgehead atoms. The maximum atomic E-state index is 12.8. The molecule has 2 aromatic carbocycles. The number of aryl methyl sites for hydroxylation is 2. The molecule has 5 nitrogen and oxygen atoms in total. The Morgan fingerprint density at radius 1 is 0.966 bits per heavy atom. The van der Waals surface area contributed by atoms with Crippen molar-refractivity contribution in [3.8, 4) is 5.75 Å². The highest BCUT2D eigenvalue weighted by atomic mass is 16.5. The summed E-state index contributed by atoms with van der Waals surface area (Å²) in [5.41, 5.74) is 3.92. The molecule has 2 aromatic rings. The highest BCUT2D eigenvalue weighted by Gasteiger charge is 2.30. The summed E-state index contributed by atoms with van der Waals surface area (Å²) in [4.78, 5) is 25.4. The number of hydrogen-bond acceptors (Lipinski definition) is 3. The van der Waals surface area contributed by atoms with Crippen molar-refractivity contribution in [1.82, 2.24) is 0 Å². The molecule has 0 aromatic heterocycles. The molecule has 0 saturated heterocycles. The molecule has 1 aliphatic rings. The summed E-state index contributed by atoms with van der Waals surface area (Å²) in [6.07, 6.45) is 3.80. The van der Waals surface area contributed by atoms with E-state index in [-0.39, 0.29) is 23.7 Å². The van der Waals surface area contributed by atoms with E-state index in [0.29, 0.717) is 5.75 Å². The highest BCUT2D eigenvalue weighted by molar-refractivity contribution is 5.95. The minimum absolute atomic E-state index is 0.0179. The van der Waals surface area contributed by atoms with Crippen LogP contribution in [0.5, 0.6) is 5.75 Å². The number of benzene rings is 2. The monoisotopic (exact) mass is 394 g/mol. The fraction of sp³-hybridized carbons (Fsp3) is 0.417. The van der Waals surface area contributed by atoms with Crippen LogP contribution in [0.2, 0.25) is 0 Å². The van der Waals surface area contributed by atoms with Crippen LogP contribution in [0.3, 0.4) is 0 Å². The Morgan fingerprint density at radius 2 is 1.59 bits per heavy atom. The van der Waals surface area contributed by atoms with Crippen LogP contribution in [-0.4, -0.2) is 18.9 Å². The summed E-state index contributed by atoms with van der Waals surface area (Å²) >= 11 is 0. The first kappa shape index (κ1) is 20.9. The SMILES string of the molecule is CCc1cccc(C)c1NC(=O)C1CCC(C(=O)Nc2cccc(OC)c2)CC1. The predicted molar refractivity (Wildman–Crippen MR) is 116 cm³/mol. The van der Waals surface area contributed by atoms with Gasteiger partial charge in [0, 0.05) is 29.3 Å². The molecule has 1 fully saturated rings. The van der Waals surface area contributed by atoms with E-state index in [9.17, 15) is 9.59 Å². The third-order valence-electron chi connectivity index (χ3n) is 5.79. The molecule has 0 aliphatic heterocycles. The lowest BCUT2D eigenvalue weighted by atomic mass is 9.81. The first-order valence-electron chi connectivity index (χ1n) is 10.4.